The summed E-state index contributed by atoms with van der Waals surface area (Å²) in [6.45, 7) is 12.3. The lowest BCUT2D eigenvalue weighted by atomic mass is 10.0. The predicted octanol–water partition coefficient (Wildman–Crippen LogP) is 2.44. The lowest BCUT2D eigenvalue weighted by Gasteiger charge is -2.38. The topological polar surface area (TPSA) is 28.2 Å². The molecule has 0 aromatic carbocycles. The minimum Gasteiger partial charge on any atom is -0.311 e. The van der Waals surface area contributed by atoms with Gasteiger partial charge in [-0.2, -0.15) is 0 Å². The van der Waals surface area contributed by atoms with Crippen LogP contribution in [0.3, 0.4) is 0 Å². The molecule has 3 nitrogen and oxygen atoms in total. The van der Waals surface area contributed by atoms with Gasteiger partial charge >= 0.3 is 0 Å². The van der Waals surface area contributed by atoms with Crippen molar-refractivity contribution in [2.45, 2.75) is 39.8 Å². The quantitative estimate of drug-likeness (QED) is 0.897. The van der Waals surface area contributed by atoms with E-state index in [4.69, 9.17) is 0 Å². The third kappa shape index (κ3) is 3.06. The Bertz CT molecular complexity index is 361. The lowest BCUT2D eigenvalue weighted by Crippen LogP contribution is -2.53. The Morgan fingerprint density at radius 2 is 2.24 bits per heavy atom. The van der Waals surface area contributed by atoms with Crippen LogP contribution in [0.25, 0.3) is 0 Å². The van der Waals surface area contributed by atoms with E-state index in [2.05, 4.69) is 42.9 Å². The average molecular weight is 253 g/mol. The fourth-order valence-corrected chi connectivity index (χ4v) is 3.18. The summed E-state index contributed by atoms with van der Waals surface area (Å²) in [6, 6.07) is 1.07. The van der Waals surface area contributed by atoms with E-state index in [-0.39, 0.29) is 0 Å². The van der Waals surface area contributed by atoms with Gasteiger partial charge in [0.05, 0.1) is 6.04 Å². The molecule has 1 fully saturated rings. The molecule has 2 atom stereocenters. The zero-order valence-electron chi connectivity index (χ0n) is 11.2. The summed E-state index contributed by atoms with van der Waals surface area (Å²) < 4.78 is 0. The first-order valence-corrected chi connectivity index (χ1v) is 7.29. The van der Waals surface area contributed by atoms with Crippen LogP contribution in [0.4, 0.5) is 0 Å². The van der Waals surface area contributed by atoms with Crippen LogP contribution in [0, 0.1) is 12.8 Å². The molecule has 0 bridgehead atoms. The Kier molecular flexibility index (Phi) is 4.17. The highest BCUT2D eigenvalue weighted by atomic mass is 32.1. The number of aromatic nitrogens is 1. The number of thiazole rings is 1. The predicted molar refractivity (Wildman–Crippen MR) is 73.5 cm³/mol. The molecule has 96 valence electrons. The molecule has 17 heavy (non-hydrogen) atoms. The second-order valence-electron chi connectivity index (χ2n) is 5.28. The standard InChI is InChI=1S/C13H23N3S/c1-9(2)12-8-16(6-5-14-12)11(4)13-15-7-10(3)17-13/h7,9,11-12,14H,5-6,8H2,1-4H3. The van der Waals surface area contributed by atoms with E-state index in [9.17, 15) is 0 Å². The van der Waals surface area contributed by atoms with Crippen LogP contribution in [0.1, 0.15) is 36.7 Å². The minimum absolute atomic E-state index is 0.456. The summed E-state index contributed by atoms with van der Waals surface area (Å²) in [6.07, 6.45) is 1.98. The van der Waals surface area contributed by atoms with Crippen LogP contribution in [-0.2, 0) is 0 Å². The van der Waals surface area contributed by atoms with E-state index in [1.807, 2.05) is 17.5 Å². The molecule has 1 aromatic heterocycles. The molecule has 1 aromatic rings. The van der Waals surface area contributed by atoms with E-state index in [0.717, 1.165) is 19.6 Å². The highest BCUT2D eigenvalue weighted by Crippen LogP contribution is 2.26. The van der Waals surface area contributed by atoms with Gasteiger partial charge in [0.25, 0.3) is 0 Å². The highest BCUT2D eigenvalue weighted by Gasteiger charge is 2.26. The largest absolute Gasteiger partial charge is 0.311 e. The Balaban J connectivity index is 2.02. The van der Waals surface area contributed by atoms with Gasteiger partial charge in [-0.05, 0) is 19.8 Å². The second-order valence-corrected chi connectivity index (χ2v) is 6.55. The molecule has 1 aliphatic rings. The van der Waals surface area contributed by atoms with Gasteiger partial charge in [-0.15, -0.1) is 11.3 Å². The van der Waals surface area contributed by atoms with Crippen molar-refractivity contribution in [3.63, 3.8) is 0 Å². The van der Waals surface area contributed by atoms with Crippen LogP contribution in [-0.4, -0.2) is 35.6 Å². The molecule has 0 radical (unpaired) electrons. The number of hydrogen-bond acceptors (Lipinski definition) is 4. The average Bonchev–Trinajstić information content (AvgIpc) is 2.75. The van der Waals surface area contributed by atoms with Crippen molar-refractivity contribution < 1.29 is 0 Å². The summed E-state index contributed by atoms with van der Waals surface area (Å²) in [5.41, 5.74) is 0. The molecule has 2 heterocycles. The zero-order chi connectivity index (χ0) is 12.4. The van der Waals surface area contributed by atoms with E-state index < -0.39 is 0 Å². The SMILES string of the molecule is Cc1cnc(C(C)N2CCNC(C(C)C)C2)s1. The Morgan fingerprint density at radius 1 is 1.47 bits per heavy atom. The summed E-state index contributed by atoms with van der Waals surface area (Å²) >= 11 is 1.83. The highest BCUT2D eigenvalue weighted by molar-refractivity contribution is 7.11. The fourth-order valence-electron chi connectivity index (χ4n) is 2.32. The Morgan fingerprint density at radius 3 is 2.82 bits per heavy atom. The first-order valence-electron chi connectivity index (χ1n) is 6.47. The normalized spacial score (nSPS) is 24.2. The van der Waals surface area contributed by atoms with Gasteiger partial charge < -0.3 is 5.32 Å². The summed E-state index contributed by atoms with van der Waals surface area (Å²) in [7, 11) is 0. The number of hydrogen-bond donors (Lipinski definition) is 1. The first kappa shape index (κ1) is 13.0. The molecule has 0 saturated carbocycles. The fraction of sp³-hybridized carbons (Fsp3) is 0.769. The van der Waals surface area contributed by atoms with Crippen molar-refractivity contribution in [1.29, 1.82) is 0 Å². The molecular formula is C13H23N3S. The molecular weight excluding hydrogens is 230 g/mol. The van der Waals surface area contributed by atoms with Crippen molar-refractivity contribution >= 4 is 11.3 Å². The number of aryl methyl sites for hydroxylation is 1. The van der Waals surface area contributed by atoms with E-state index in [1.54, 1.807) is 0 Å². The summed E-state index contributed by atoms with van der Waals surface area (Å²) in [5, 5.41) is 4.86. The van der Waals surface area contributed by atoms with Crippen molar-refractivity contribution in [2.75, 3.05) is 19.6 Å². The van der Waals surface area contributed by atoms with E-state index in [1.165, 1.54) is 9.88 Å². The maximum absolute atomic E-state index is 4.52. The Hall–Kier alpha value is -0.450. The van der Waals surface area contributed by atoms with Crippen LogP contribution in [0.2, 0.25) is 0 Å². The molecule has 2 unspecified atom stereocenters. The molecule has 4 heteroatoms. The van der Waals surface area contributed by atoms with Gasteiger partial charge in [0.1, 0.15) is 5.01 Å². The van der Waals surface area contributed by atoms with Gasteiger partial charge in [0.15, 0.2) is 0 Å². The molecule has 2 rings (SSSR count). The molecule has 1 aliphatic heterocycles. The van der Waals surface area contributed by atoms with Crippen LogP contribution in [0.5, 0.6) is 0 Å². The van der Waals surface area contributed by atoms with E-state index >= 15 is 0 Å². The monoisotopic (exact) mass is 253 g/mol. The molecule has 0 aliphatic carbocycles. The smallest absolute Gasteiger partial charge is 0.110 e. The van der Waals surface area contributed by atoms with Gasteiger partial charge in [-0.3, -0.25) is 4.90 Å². The minimum atomic E-state index is 0.456. The molecule has 0 amide bonds. The van der Waals surface area contributed by atoms with Crippen LogP contribution in [0.15, 0.2) is 6.20 Å². The van der Waals surface area contributed by atoms with Gasteiger partial charge in [0, 0.05) is 36.8 Å². The third-order valence-electron chi connectivity index (χ3n) is 3.59. The Labute approximate surface area is 108 Å². The summed E-state index contributed by atoms with van der Waals surface area (Å²) in [4.78, 5) is 8.38. The van der Waals surface area contributed by atoms with Gasteiger partial charge in [-0.1, -0.05) is 13.8 Å². The van der Waals surface area contributed by atoms with E-state index in [0.29, 0.717) is 18.0 Å². The third-order valence-corrected chi connectivity index (χ3v) is 4.67. The first-order chi connectivity index (χ1) is 8.08. The lowest BCUT2D eigenvalue weighted by molar-refractivity contribution is 0.134. The number of nitrogens with one attached hydrogen (secondary N) is 1. The number of piperazine rings is 1. The van der Waals surface area contributed by atoms with Gasteiger partial charge in [0.2, 0.25) is 0 Å². The molecule has 1 N–H and O–H groups in total. The molecule has 1 saturated heterocycles. The van der Waals surface area contributed by atoms with Crippen LogP contribution >= 0.6 is 11.3 Å². The zero-order valence-corrected chi connectivity index (χ0v) is 12.0. The van der Waals surface area contributed by atoms with Crippen molar-refractivity contribution in [1.82, 2.24) is 15.2 Å². The second kappa shape index (κ2) is 5.46. The maximum atomic E-state index is 4.52. The van der Waals surface area contributed by atoms with Crippen molar-refractivity contribution in [3.05, 3.63) is 16.1 Å². The van der Waals surface area contributed by atoms with Crippen LogP contribution < -0.4 is 5.32 Å². The molecule has 0 spiro atoms. The number of nitrogens with zero attached hydrogens (tertiary/aromatic N) is 2. The van der Waals surface area contributed by atoms with Gasteiger partial charge in [-0.25, -0.2) is 4.98 Å². The maximum Gasteiger partial charge on any atom is 0.110 e. The number of rotatable bonds is 3. The van der Waals surface area contributed by atoms with Crippen molar-refractivity contribution in [2.24, 2.45) is 5.92 Å². The van der Waals surface area contributed by atoms with Crippen molar-refractivity contribution in [3.8, 4) is 0 Å². The summed E-state index contributed by atoms with van der Waals surface area (Å²) in [5.74, 6) is 0.697.